The molecule has 142 valence electrons. The molecule has 0 bridgehead atoms. The number of amides is 1. The highest BCUT2D eigenvalue weighted by Gasteiger charge is 2.43. The lowest BCUT2D eigenvalue weighted by molar-refractivity contribution is -0.127. The summed E-state index contributed by atoms with van der Waals surface area (Å²) in [6.45, 7) is 2.09. The molecule has 28 heavy (non-hydrogen) atoms. The van der Waals surface area contributed by atoms with Crippen molar-refractivity contribution in [3.63, 3.8) is 0 Å². The molecule has 4 rings (SSSR count). The molecule has 2 heteroatoms. The van der Waals surface area contributed by atoms with E-state index in [0.29, 0.717) is 0 Å². The highest BCUT2D eigenvalue weighted by molar-refractivity contribution is 5.89. The molecule has 0 unspecified atom stereocenters. The third-order valence-electron chi connectivity index (χ3n) is 6.00. The fourth-order valence-corrected chi connectivity index (χ4v) is 4.51. The number of carbonyl (C=O) groups is 1. The number of carbonyl (C=O) groups excluding carboxylic acids is 1. The molecule has 1 saturated carbocycles. The molecule has 0 aliphatic heterocycles. The standard InChI is InChI=1S/C26H27NO/c1-20-11-10-14-22(19-20)24(21-12-4-2-5-13-21)27-25(28)26(17-8-9-18-26)23-15-6-3-7-16-23/h2-7,10-16,19,24H,8-9,17-18H2,1H3,(H,27,28)/t24-/m1/s1. The van der Waals surface area contributed by atoms with Crippen LogP contribution >= 0.6 is 0 Å². The van der Waals surface area contributed by atoms with Gasteiger partial charge in [-0.1, -0.05) is 103 Å². The van der Waals surface area contributed by atoms with E-state index in [1.54, 1.807) is 0 Å². The first-order chi connectivity index (χ1) is 13.7. The molecular weight excluding hydrogens is 342 g/mol. The van der Waals surface area contributed by atoms with Crippen molar-refractivity contribution in [2.75, 3.05) is 0 Å². The van der Waals surface area contributed by atoms with Crippen LogP contribution in [0.25, 0.3) is 0 Å². The number of aryl methyl sites for hydroxylation is 1. The second kappa shape index (κ2) is 8.02. The normalized spacial score (nSPS) is 16.5. The first-order valence-electron chi connectivity index (χ1n) is 10.2. The molecule has 1 fully saturated rings. The Hall–Kier alpha value is -2.87. The zero-order valence-electron chi connectivity index (χ0n) is 16.4. The summed E-state index contributed by atoms with van der Waals surface area (Å²) in [6, 6.07) is 28.9. The van der Waals surface area contributed by atoms with Gasteiger partial charge in [-0.05, 0) is 36.5 Å². The van der Waals surface area contributed by atoms with Crippen molar-refractivity contribution in [1.82, 2.24) is 5.32 Å². The summed E-state index contributed by atoms with van der Waals surface area (Å²) in [5, 5.41) is 3.42. The van der Waals surface area contributed by atoms with Crippen LogP contribution in [0.3, 0.4) is 0 Å². The van der Waals surface area contributed by atoms with Crippen molar-refractivity contribution in [3.8, 4) is 0 Å². The second-order valence-corrected chi connectivity index (χ2v) is 7.89. The van der Waals surface area contributed by atoms with E-state index in [-0.39, 0.29) is 11.9 Å². The Bertz CT molecular complexity index is 927. The van der Waals surface area contributed by atoms with Crippen LogP contribution in [-0.2, 0) is 10.2 Å². The SMILES string of the molecule is Cc1cccc([C@H](NC(=O)C2(c3ccccc3)CCCC2)c2ccccc2)c1. The summed E-state index contributed by atoms with van der Waals surface area (Å²) in [4.78, 5) is 13.7. The topological polar surface area (TPSA) is 29.1 Å². The van der Waals surface area contributed by atoms with Gasteiger partial charge in [-0.15, -0.1) is 0 Å². The summed E-state index contributed by atoms with van der Waals surface area (Å²) in [7, 11) is 0. The molecule has 1 aliphatic carbocycles. The number of hydrogen-bond donors (Lipinski definition) is 1. The van der Waals surface area contributed by atoms with Crippen molar-refractivity contribution in [1.29, 1.82) is 0 Å². The van der Waals surface area contributed by atoms with Crippen LogP contribution in [0.15, 0.2) is 84.9 Å². The fraction of sp³-hybridized carbons (Fsp3) is 0.269. The van der Waals surface area contributed by atoms with Crippen molar-refractivity contribution in [2.45, 2.75) is 44.1 Å². The number of nitrogens with one attached hydrogen (secondary N) is 1. The van der Waals surface area contributed by atoms with Crippen LogP contribution < -0.4 is 5.32 Å². The summed E-state index contributed by atoms with van der Waals surface area (Å²) in [5.41, 5.74) is 4.16. The van der Waals surface area contributed by atoms with E-state index in [1.165, 1.54) is 5.56 Å². The first-order valence-corrected chi connectivity index (χ1v) is 10.2. The van der Waals surface area contributed by atoms with E-state index in [4.69, 9.17) is 0 Å². The molecule has 0 radical (unpaired) electrons. The Kier molecular flexibility index (Phi) is 5.29. The van der Waals surface area contributed by atoms with E-state index in [2.05, 4.69) is 60.8 Å². The summed E-state index contributed by atoms with van der Waals surface area (Å²) >= 11 is 0. The quantitative estimate of drug-likeness (QED) is 0.613. The average Bonchev–Trinajstić information content (AvgIpc) is 3.24. The van der Waals surface area contributed by atoms with Crippen molar-refractivity contribution in [2.24, 2.45) is 0 Å². The lowest BCUT2D eigenvalue weighted by Crippen LogP contribution is -2.44. The summed E-state index contributed by atoms with van der Waals surface area (Å²) in [6.07, 6.45) is 4.03. The average molecular weight is 370 g/mol. The van der Waals surface area contributed by atoms with E-state index in [1.807, 2.05) is 36.4 Å². The fourth-order valence-electron chi connectivity index (χ4n) is 4.51. The van der Waals surface area contributed by atoms with Gasteiger partial charge in [0, 0.05) is 0 Å². The van der Waals surface area contributed by atoms with E-state index in [0.717, 1.165) is 42.4 Å². The Balaban J connectivity index is 1.71. The minimum absolute atomic E-state index is 0.144. The molecule has 0 saturated heterocycles. The Morgan fingerprint density at radius 1 is 0.821 bits per heavy atom. The number of rotatable bonds is 5. The van der Waals surface area contributed by atoms with Crippen LogP contribution in [-0.4, -0.2) is 5.91 Å². The molecule has 3 aromatic carbocycles. The third-order valence-corrected chi connectivity index (χ3v) is 6.00. The van der Waals surface area contributed by atoms with Gasteiger partial charge in [0.25, 0.3) is 0 Å². The predicted octanol–water partition coefficient (Wildman–Crippen LogP) is 5.71. The van der Waals surface area contributed by atoms with Gasteiger partial charge >= 0.3 is 0 Å². The maximum Gasteiger partial charge on any atom is 0.231 e. The zero-order valence-corrected chi connectivity index (χ0v) is 16.4. The summed E-state index contributed by atoms with van der Waals surface area (Å²) in [5.74, 6) is 0.145. The largest absolute Gasteiger partial charge is 0.344 e. The van der Waals surface area contributed by atoms with Crippen LogP contribution in [0, 0.1) is 6.92 Å². The first kappa shape index (κ1) is 18.5. The number of hydrogen-bond acceptors (Lipinski definition) is 1. The van der Waals surface area contributed by atoms with Gasteiger partial charge in [0.2, 0.25) is 5.91 Å². The minimum Gasteiger partial charge on any atom is -0.344 e. The lowest BCUT2D eigenvalue weighted by Gasteiger charge is -2.31. The molecule has 1 amide bonds. The monoisotopic (exact) mass is 369 g/mol. The van der Waals surface area contributed by atoms with Gasteiger partial charge in [-0.2, -0.15) is 0 Å². The molecule has 2 nitrogen and oxygen atoms in total. The smallest absolute Gasteiger partial charge is 0.231 e. The van der Waals surface area contributed by atoms with Gasteiger partial charge in [0.1, 0.15) is 0 Å². The van der Waals surface area contributed by atoms with Crippen LogP contribution in [0.5, 0.6) is 0 Å². The molecule has 0 heterocycles. The highest BCUT2D eigenvalue weighted by atomic mass is 16.2. The highest BCUT2D eigenvalue weighted by Crippen LogP contribution is 2.42. The van der Waals surface area contributed by atoms with E-state index in [9.17, 15) is 4.79 Å². The Morgan fingerprint density at radius 3 is 2.07 bits per heavy atom. The molecule has 0 aromatic heterocycles. The van der Waals surface area contributed by atoms with Gasteiger partial charge in [-0.25, -0.2) is 0 Å². The summed E-state index contributed by atoms with van der Waals surface area (Å²) < 4.78 is 0. The lowest BCUT2D eigenvalue weighted by atomic mass is 9.77. The van der Waals surface area contributed by atoms with Gasteiger partial charge in [0.05, 0.1) is 11.5 Å². The van der Waals surface area contributed by atoms with E-state index >= 15 is 0 Å². The predicted molar refractivity (Wildman–Crippen MR) is 114 cm³/mol. The Morgan fingerprint density at radius 2 is 1.43 bits per heavy atom. The van der Waals surface area contributed by atoms with Gasteiger partial charge in [-0.3, -0.25) is 4.79 Å². The van der Waals surface area contributed by atoms with Crippen LogP contribution in [0.1, 0.15) is 54.0 Å². The molecule has 1 aliphatic rings. The molecule has 1 N–H and O–H groups in total. The van der Waals surface area contributed by atoms with Crippen molar-refractivity contribution < 1.29 is 4.79 Å². The van der Waals surface area contributed by atoms with Crippen molar-refractivity contribution >= 4 is 5.91 Å². The molecule has 1 atom stereocenters. The van der Waals surface area contributed by atoms with Crippen LogP contribution in [0.4, 0.5) is 0 Å². The van der Waals surface area contributed by atoms with Gasteiger partial charge in [0.15, 0.2) is 0 Å². The van der Waals surface area contributed by atoms with Gasteiger partial charge < -0.3 is 5.32 Å². The second-order valence-electron chi connectivity index (χ2n) is 7.89. The zero-order chi connectivity index (χ0) is 19.4. The third kappa shape index (κ3) is 3.60. The Labute approximate surface area is 167 Å². The maximum absolute atomic E-state index is 13.7. The van der Waals surface area contributed by atoms with Crippen LogP contribution in [0.2, 0.25) is 0 Å². The minimum atomic E-state index is -0.419. The molecule has 0 spiro atoms. The number of benzene rings is 3. The molecular formula is C26H27NO. The molecule has 3 aromatic rings. The van der Waals surface area contributed by atoms with Crippen molar-refractivity contribution in [3.05, 3.63) is 107 Å². The maximum atomic E-state index is 13.7. The van der Waals surface area contributed by atoms with E-state index < -0.39 is 5.41 Å².